The van der Waals surface area contributed by atoms with Gasteiger partial charge in [0.25, 0.3) is 0 Å². The molecule has 0 spiro atoms. The van der Waals surface area contributed by atoms with E-state index in [9.17, 15) is 4.79 Å². The average Bonchev–Trinajstić information content (AvgIpc) is 2.15. The molecule has 2 N–H and O–H groups in total. The molecule has 94 valence electrons. The Hall–Kier alpha value is -1.51. The van der Waals surface area contributed by atoms with Gasteiger partial charge in [0.15, 0.2) is 0 Å². The van der Waals surface area contributed by atoms with E-state index in [2.05, 4.69) is 38.3 Å². The minimum atomic E-state index is -0.0507. The van der Waals surface area contributed by atoms with Gasteiger partial charge in [-0.2, -0.15) is 0 Å². The summed E-state index contributed by atoms with van der Waals surface area (Å²) in [5.74, 6) is 0.470. The zero-order valence-electron chi connectivity index (χ0n) is 11.3. The van der Waals surface area contributed by atoms with E-state index in [1.807, 2.05) is 24.3 Å². The summed E-state index contributed by atoms with van der Waals surface area (Å²) in [7, 11) is 0. The van der Waals surface area contributed by atoms with Gasteiger partial charge in [0.2, 0.25) is 5.91 Å². The molecular formula is C14H22N2O. The highest BCUT2D eigenvalue weighted by Crippen LogP contribution is 2.24. The first-order valence-corrected chi connectivity index (χ1v) is 5.97. The Morgan fingerprint density at radius 1 is 1.24 bits per heavy atom. The van der Waals surface area contributed by atoms with Crippen molar-refractivity contribution in [1.82, 2.24) is 0 Å². The second-order valence-electron chi connectivity index (χ2n) is 5.26. The zero-order valence-corrected chi connectivity index (χ0v) is 11.3. The maximum atomic E-state index is 11.0. The van der Waals surface area contributed by atoms with Crippen molar-refractivity contribution in [2.75, 3.05) is 10.6 Å². The number of benzene rings is 1. The fourth-order valence-electron chi connectivity index (χ4n) is 1.39. The quantitative estimate of drug-likeness (QED) is 0.837. The van der Waals surface area contributed by atoms with Gasteiger partial charge in [0.1, 0.15) is 0 Å². The van der Waals surface area contributed by atoms with E-state index in [1.54, 1.807) is 0 Å². The largest absolute Gasteiger partial charge is 0.380 e. The van der Waals surface area contributed by atoms with Crippen molar-refractivity contribution in [3.63, 3.8) is 0 Å². The molecule has 0 aliphatic heterocycles. The molecule has 3 nitrogen and oxygen atoms in total. The molecule has 0 aromatic heterocycles. The van der Waals surface area contributed by atoms with Gasteiger partial charge in [0, 0.05) is 23.8 Å². The van der Waals surface area contributed by atoms with E-state index in [0.29, 0.717) is 5.92 Å². The van der Waals surface area contributed by atoms with Crippen molar-refractivity contribution >= 4 is 17.3 Å². The highest BCUT2D eigenvalue weighted by atomic mass is 16.1. The maximum Gasteiger partial charge on any atom is 0.221 e. The highest BCUT2D eigenvalue weighted by molar-refractivity contribution is 5.89. The Morgan fingerprint density at radius 3 is 2.35 bits per heavy atom. The van der Waals surface area contributed by atoms with Crippen LogP contribution in [-0.2, 0) is 4.79 Å². The number of amides is 1. The summed E-state index contributed by atoms with van der Waals surface area (Å²) < 4.78 is 0. The van der Waals surface area contributed by atoms with Gasteiger partial charge in [-0.15, -0.1) is 0 Å². The zero-order chi connectivity index (χ0) is 13.1. The Kier molecular flexibility index (Phi) is 4.16. The number of rotatable bonds is 4. The van der Waals surface area contributed by atoms with E-state index in [1.165, 1.54) is 6.92 Å². The summed E-state index contributed by atoms with van der Waals surface area (Å²) in [6, 6.07) is 7.78. The molecule has 0 bridgehead atoms. The van der Waals surface area contributed by atoms with Crippen molar-refractivity contribution in [2.24, 2.45) is 5.92 Å². The summed E-state index contributed by atoms with van der Waals surface area (Å²) in [6.45, 7) is 10.2. The molecule has 0 heterocycles. The Morgan fingerprint density at radius 2 is 1.82 bits per heavy atom. The molecule has 1 aromatic carbocycles. The van der Waals surface area contributed by atoms with Gasteiger partial charge in [0.05, 0.1) is 0 Å². The number of carbonyl (C=O) groups excluding carboxylic acids is 1. The molecule has 17 heavy (non-hydrogen) atoms. The van der Waals surface area contributed by atoms with Gasteiger partial charge >= 0.3 is 0 Å². The second kappa shape index (κ2) is 5.21. The molecule has 0 unspecified atom stereocenters. The van der Waals surface area contributed by atoms with E-state index in [0.717, 1.165) is 11.4 Å². The molecule has 1 amide bonds. The predicted octanol–water partition coefficient (Wildman–Crippen LogP) is 3.49. The molecule has 0 aliphatic rings. The maximum absolute atomic E-state index is 11.0. The van der Waals surface area contributed by atoms with E-state index < -0.39 is 0 Å². The smallest absolute Gasteiger partial charge is 0.221 e. The number of carbonyl (C=O) groups is 1. The lowest BCUT2D eigenvalue weighted by Gasteiger charge is -2.32. The Balaban J connectivity index is 2.82. The molecule has 0 aliphatic carbocycles. The van der Waals surface area contributed by atoms with Crippen molar-refractivity contribution < 1.29 is 4.79 Å². The summed E-state index contributed by atoms with van der Waals surface area (Å²) in [5, 5.41) is 6.26. The standard InChI is InChI=1S/C14H22N2O/c1-10(2)14(4,5)16-13-8-6-7-12(9-13)15-11(3)17/h6-10,16H,1-5H3,(H,15,17). The lowest BCUT2D eigenvalue weighted by Crippen LogP contribution is -2.36. The Labute approximate surface area is 104 Å². The minimum absolute atomic E-state index is 0.0227. The minimum Gasteiger partial charge on any atom is -0.380 e. The molecule has 0 atom stereocenters. The fourth-order valence-corrected chi connectivity index (χ4v) is 1.39. The predicted molar refractivity (Wildman–Crippen MR) is 73.3 cm³/mol. The molecular weight excluding hydrogens is 212 g/mol. The average molecular weight is 234 g/mol. The molecule has 0 fully saturated rings. The third-order valence-corrected chi connectivity index (χ3v) is 3.09. The summed E-state index contributed by atoms with van der Waals surface area (Å²) in [5.41, 5.74) is 1.87. The normalized spacial score (nSPS) is 11.4. The van der Waals surface area contributed by atoms with Gasteiger partial charge < -0.3 is 10.6 Å². The topological polar surface area (TPSA) is 41.1 Å². The number of anilines is 2. The van der Waals surface area contributed by atoms with Crippen LogP contribution in [0.15, 0.2) is 24.3 Å². The van der Waals surface area contributed by atoms with Crippen LogP contribution in [0.2, 0.25) is 0 Å². The van der Waals surface area contributed by atoms with Gasteiger partial charge in [-0.3, -0.25) is 4.79 Å². The highest BCUT2D eigenvalue weighted by Gasteiger charge is 2.21. The van der Waals surface area contributed by atoms with Gasteiger partial charge in [-0.05, 0) is 38.0 Å². The third-order valence-electron chi connectivity index (χ3n) is 3.09. The molecule has 3 heteroatoms. The lowest BCUT2D eigenvalue weighted by molar-refractivity contribution is -0.114. The van der Waals surface area contributed by atoms with Crippen molar-refractivity contribution in [2.45, 2.75) is 40.2 Å². The second-order valence-corrected chi connectivity index (χ2v) is 5.26. The van der Waals surface area contributed by atoms with Crippen LogP contribution in [-0.4, -0.2) is 11.4 Å². The van der Waals surface area contributed by atoms with Crippen LogP contribution in [0.1, 0.15) is 34.6 Å². The monoisotopic (exact) mass is 234 g/mol. The van der Waals surface area contributed by atoms with E-state index in [-0.39, 0.29) is 11.4 Å². The van der Waals surface area contributed by atoms with Gasteiger partial charge in [-0.1, -0.05) is 19.9 Å². The number of hydrogen-bond donors (Lipinski definition) is 2. The molecule has 1 aromatic rings. The molecule has 0 saturated heterocycles. The third kappa shape index (κ3) is 4.10. The number of nitrogens with one attached hydrogen (secondary N) is 2. The number of hydrogen-bond acceptors (Lipinski definition) is 2. The first-order valence-electron chi connectivity index (χ1n) is 5.97. The van der Waals surface area contributed by atoms with E-state index >= 15 is 0 Å². The summed E-state index contributed by atoms with van der Waals surface area (Å²) >= 11 is 0. The van der Waals surface area contributed by atoms with Crippen LogP contribution < -0.4 is 10.6 Å². The van der Waals surface area contributed by atoms with Crippen LogP contribution in [0.5, 0.6) is 0 Å². The van der Waals surface area contributed by atoms with Crippen LogP contribution in [0.25, 0.3) is 0 Å². The molecule has 1 rings (SSSR count). The van der Waals surface area contributed by atoms with Crippen molar-refractivity contribution in [3.8, 4) is 0 Å². The van der Waals surface area contributed by atoms with Crippen LogP contribution in [0, 0.1) is 5.92 Å². The van der Waals surface area contributed by atoms with Crippen molar-refractivity contribution in [3.05, 3.63) is 24.3 Å². The van der Waals surface area contributed by atoms with Crippen LogP contribution in [0.3, 0.4) is 0 Å². The SMILES string of the molecule is CC(=O)Nc1cccc(NC(C)(C)C(C)C)c1. The Bertz CT molecular complexity index is 397. The summed E-state index contributed by atoms with van der Waals surface area (Å²) in [4.78, 5) is 11.0. The first kappa shape index (κ1) is 13.6. The molecule has 0 radical (unpaired) electrons. The van der Waals surface area contributed by atoms with Crippen LogP contribution >= 0.6 is 0 Å². The lowest BCUT2D eigenvalue weighted by atomic mass is 9.90. The van der Waals surface area contributed by atoms with Crippen LogP contribution in [0.4, 0.5) is 11.4 Å². The van der Waals surface area contributed by atoms with E-state index in [4.69, 9.17) is 0 Å². The van der Waals surface area contributed by atoms with Crippen molar-refractivity contribution in [1.29, 1.82) is 0 Å². The summed E-state index contributed by atoms with van der Waals surface area (Å²) in [6.07, 6.45) is 0. The van der Waals surface area contributed by atoms with Gasteiger partial charge in [-0.25, -0.2) is 0 Å². The first-order chi connectivity index (χ1) is 7.81. The molecule has 0 saturated carbocycles. The fraction of sp³-hybridized carbons (Fsp3) is 0.500.